The standard InChI is InChI=1S/C22H18BrN3O/c23-20-10-8-16(9-11-20)13-24-25-22(27)17-6-3-7-21(12-17)26-14-18-4-1-2-5-19(18)15-26/h1-13H,14-15H2,(H,25,27)/b24-13-. The van der Waals surface area contributed by atoms with Crippen molar-refractivity contribution in [2.75, 3.05) is 4.90 Å². The van der Waals surface area contributed by atoms with Gasteiger partial charge in [0.15, 0.2) is 0 Å². The number of benzene rings is 3. The highest BCUT2D eigenvalue weighted by molar-refractivity contribution is 9.10. The van der Waals surface area contributed by atoms with Gasteiger partial charge in [0.1, 0.15) is 0 Å². The molecule has 4 rings (SSSR count). The Hall–Kier alpha value is -2.92. The summed E-state index contributed by atoms with van der Waals surface area (Å²) in [5.74, 6) is -0.220. The first-order valence-electron chi connectivity index (χ1n) is 8.70. The summed E-state index contributed by atoms with van der Waals surface area (Å²) in [7, 11) is 0. The van der Waals surface area contributed by atoms with E-state index in [1.165, 1.54) is 11.1 Å². The van der Waals surface area contributed by atoms with Crippen LogP contribution in [-0.4, -0.2) is 12.1 Å². The lowest BCUT2D eigenvalue weighted by atomic mass is 10.1. The van der Waals surface area contributed by atoms with Gasteiger partial charge in [-0.05, 0) is 47.0 Å². The average Bonchev–Trinajstić information content (AvgIpc) is 3.14. The van der Waals surface area contributed by atoms with Crippen LogP contribution in [0, 0.1) is 0 Å². The van der Waals surface area contributed by atoms with Crippen LogP contribution < -0.4 is 10.3 Å². The fourth-order valence-corrected chi connectivity index (χ4v) is 3.40. The molecule has 1 aliphatic rings. The third kappa shape index (κ3) is 4.09. The molecule has 0 saturated carbocycles. The third-order valence-corrected chi connectivity index (χ3v) is 5.09. The van der Waals surface area contributed by atoms with E-state index < -0.39 is 0 Å². The van der Waals surface area contributed by atoms with Gasteiger partial charge in [-0.2, -0.15) is 5.10 Å². The zero-order valence-corrected chi connectivity index (χ0v) is 16.2. The molecule has 4 nitrogen and oxygen atoms in total. The first-order chi connectivity index (χ1) is 13.2. The Balaban J connectivity index is 1.43. The van der Waals surface area contributed by atoms with Crippen molar-refractivity contribution in [3.63, 3.8) is 0 Å². The van der Waals surface area contributed by atoms with Crippen LogP contribution >= 0.6 is 15.9 Å². The molecule has 0 aromatic heterocycles. The number of hydrazone groups is 1. The Bertz CT molecular complexity index is 973. The van der Waals surface area contributed by atoms with Crippen molar-refractivity contribution in [2.24, 2.45) is 5.10 Å². The summed E-state index contributed by atoms with van der Waals surface area (Å²) in [4.78, 5) is 14.7. The van der Waals surface area contributed by atoms with Crippen LogP contribution in [0.25, 0.3) is 0 Å². The molecule has 3 aromatic rings. The molecule has 1 aliphatic heterocycles. The van der Waals surface area contributed by atoms with E-state index in [1.54, 1.807) is 12.3 Å². The summed E-state index contributed by atoms with van der Waals surface area (Å²) in [5, 5.41) is 4.05. The van der Waals surface area contributed by atoms with Crippen LogP contribution in [-0.2, 0) is 13.1 Å². The highest BCUT2D eigenvalue weighted by Crippen LogP contribution is 2.28. The maximum absolute atomic E-state index is 12.4. The van der Waals surface area contributed by atoms with Gasteiger partial charge in [-0.15, -0.1) is 0 Å². The summed E-state index contributed by atoms with van der Waals surface area (Å²) in [6.07, 6.45) is 1.63. The number of fused-ring (bicyclic) bond motifs is 1. The van der Waals surface area contributed by atoms with Crippen LogP contribution in [0.1, 0.15) is 27.0 Å². The smallest absolute Gasteiger partial charge is 0.271 e. The molecular formula is C22H18BrN3O. The van der Waals surface area contributed by atoms with Crippen molar-refractivity contribution in [2.45, 2.75) is 13.1 Å². The van der Waals surface area contributed by atoms with Gasteiger partial charge >= 0.3 is 0 Å². The summed E-state index contributed by atoms with van der Waals surface area (Å²) in [6, 6.07) is 23.8. The van der Waals surface area contributed by atoms with E-state index >= 15 is 0 Å². The maximum Gasteiger partial charge on any atom is 0.271 e. The van der Waals surface area contributed by atoms with E-state index in [2.05, 4.69) is 55.6 Å². The zero-order chi connectivity index (χ0) is 18.6. The lowest BCUT2D eigenvalue weighted by Crippen LogP contribution is -2.19. The van der Waals surface area contributed by atoms with E-state index in [-0.39, 0.29) is 5.91 Å². The molecule has 27 heavy (non-hydrogen) atoms. The van der Waals surface area contributed by atoms with Crippen molar-refractivity contribution >= 4 is 33.7 Å². The van der Waals surface area contributed by atoms with Gasteiger partial charge in [0.25, 0.3) is 5.91 Å². The minimum Gasteiger partial charge on any atom is -0.363 e. The molecule has 5 heteroatoms. The van der Waals surface area contributed by atoms with Crippen LogP contribution in [0.15, 0.2) is 82.4 Å². The van der Waals surface area contributed by atoms with Crippen LogP contribution in [0.2, 0.25) is 0 Å². The summed E-state index contributed by atoms with van der Waals surface area (Å²) in [6.45, 7) is 1.73. The molecule has 1 amide bonds. The molecule has 1 N–H and O–H groups in total. The van der Waals surface area contributed by atoms with E-state index in [0.717, 1.165) is 28.8 Å². The largest absolute Gasteiger partial charge is 0.363 e. The van der Waals surface area contributed by atoms with Gasteiger partial charge in [-0.3, -0.25) is 4.79 Å². The van der Waals surface area contributed by atoms with Gasteiger partial charge in [0, 0.05) is 28.8 Å². The normalized spacial score (nSPS) is 13.0. The van der Waals surface area contributed by atoms with E-state index in [1.807, 2.05) is 42.5 Å². The van der Waals surface area contributed by atoms with E-state index in [0.29, 0.717) is 5.56 Å². The molecule has 0 bridgehead atoms. The second kappa shape index (κ2) is 7.76. The SMILES string of the molecule is O=C(N/N=C\c1ccc(Br)cc1)c1cccc(N2Cc3ccccc3C2)c1. The number of rotatable bonds is 4. The number of amides is 1. The topological polar surface area (TPSA) is 44.7 Å². The highest BCUT2D eigenvalue weighted by atomic mass is 79.9. The monoisotopic (exact) mass is 419 g/mol. The number of anilines is 1. The van der Waals surface area contributed by atoms with Crippen molar-refractivity contribution in [1.82, 2.24) is 5.43 Å². The van der Waals surface area contributed by atoms with Gasteiger partial charge in [-0.25, -0.2) is 5.43 Å². The predicted octanol–water partition coefficient (Wildman–Crippen LogP) is 4.73. The van der Waals surface area contributed by atoms with Crippen LogP contribution in [0.3, 0.4) is 0 Å². The molecule has 0 atom stereocenters. The Morgan fingerprint density at radius 3 is 2.37 bits per heavy atom. The second-order valence-corrected chi connectivity index (χ2v) is 7.34. The highest BCUT2D eigenvalue weighted by Gasteiger charge is 2.19. The third-order valence-electron chi connectivity index (χ3n) is 4.56. The number of hydrogen-bond acceptors (Lipinski definition) is 3. The molecule has 134 valence electrons. The maximum atomic E-state index is 12.4. The number of carbonyl (C=O) groups is 1. The van der Waals surface area contributed by atoms with Crippen molar-refractivity contribution in [1.29, 1.82) is 0 Å². The van der Waals surface area contributed by atoms with Gasteiger partial charge in [0.05, 0.1) is 6.21 Å². The number of halogens is 1. The molecule has 0 saturated heterocycles. The van der Waals surface area contributed by atoms with Gasteiger partial charge in [0.2, 0.25) is 0 Å². The van der Waals surface area contributed by atoms with Crippen LogP contribution in [0.4, 0.5) is 5.69 Å². The second-order valence-electron chi connectivity index (χ2n) is 6.43. The number of hydrogen-bond donors (Lipinski definition) is 1. The molecular weight excluding hydrogens is 402 g/mol. The van der Waals surface area contributed by atoms with Gasteiger partial charge in [-0.1, -0.05) is 58.4 Å². The fourth-order valence-electron chi connectivity index (χ4n) is 3.14. The quantitative estimate of drug-likeness (QED) is 0.490. The van der Waals surface area contributed by atoms with Crippen molar-refractivity contribution < 1.29 is 4.79 Å². The Labute approximate surface area is 166 Å². The minimum absolute atomic E-state index is 0.220. The Kier molecular flexibility index (Phi) is 5.03. The lowest BCUT2D eigenvalue weighted by molar-refractivity contribution is 0.0955. The Morgan fingerprint density at radius 1 is 0.963 bits per heavy atom. The molecule has 0 aliphatic carbocycles. The van der Waals surface area contributed by atoms with Crippen LogP contribution in [0.5, 0.6) is 0 Å². The van der Waals surface area contributed by atoms with Gasteiger partial charge < -0.3 is 4.90 Å². The summed E-state index contributed by atoms with van der Waals surface area (Å²) in [5.41, 5.74) is 7.83. The molecule has 1 heterocycles. The van der Waals surface area contributed by atoms with E-state index in [4.69, 9.17) is 0 Å². The first kappa shape index (κ1) is 17.5. The summed E-state index contributed by atoms with van der Waals surface area (Å²) >= 11 is 3.39. The first-order valence-corrected chi connectivity index (χ1v) is 9.49. The molecule has 0 unspecified atom stereocenters. The zero-order valence-electron chi connectivity index (χ0n) is 14.6. The number of nitrogens with one attached hydrogen (secondary N) is 1. The predicted molar refractivity (Wildman–Crippen MR) is 112 cm³/mol. The fraction of sp³-hybridized carbons (Fsp3) is 0.0909. The number of carbonyl (C=O) groups excluding carboxylic acids is 1. The Morgan fingerprint density at radius 2 is 1.67 bits per heavy atom. The molecule has 0 spiro atoms. The van der Waals surface area contributed by atoms with E-state index in [9.17, 15) is 4.79 Å². The number of nitrogens with zero attached hydrogens (tertiary/aromatic N) is 2. The van der Waals surface area contributed by atoms with Crippen molar-refractivity contribution in [3.05, 3.63) is 99.5 Å². The minimum atomic E-state index is -0.220. The average molecular weight is 420 g/mol. The summed E-state index contributed by atoms with van der Waals surface area (Å²) < 4.78 is 1.00. The van der Waals surface area contributed by atoms with Crippen molar-refractivity contribution in [3.8, 4) is 0 Å². The molecule has 3 aromatic carbocycles. The molecule has 0 radical (unpaired) electrons. The lowest BCUT2D eigenvalue weighted by Gasteiger charge is -2.18. The molecule has 0 fully saturated rings.